The lowest BCUT2D eigenvalue weighted by Crippen LogP contribution is -2.60. The molecule has 3 heterocycles. The molecule has 6 aromatic carbocycles. The van der Waals surface area contributed by atoms with Gasteiger partial charge in [-0.05, 0) is 288 Å². The number of pyridine rings is 2. The Kier molecular flexibility index (Phi) is 37.8. The molecule has 0 fully saturated rings. The van der Waals surface area contributed by atoms with E-state index in [0.29, 0.717) is 150 Å². The Bertz CT molecular complexity index is 5670. The molecule has 2 aromatic heterocycles. The van der Waals surface area contributed by atoms with E-state index in [1.165, 1.54) is 37.3 Å². The number of phenols is 1. The standard InChI is InChI=1S/C93H115Cl2N17O16S/c1-53(113)103-71(22-8-15-43-100-83-62-32-25-54(94)46-78(62)105-69-37-30-59(126-2)51-67(69)83)85(116)107-72(18-4-11-39-96)86(117)108-74(20-6-13-41-98)88(119)111-76(23-9-17-45-102-93(129)104-56-27-34-61(66(48-56)91(122)123)82-64-35-28-57(114)49-80(64)128-81-50-58(115)29-36-65(81)82)89(120)109-73(19-5-12-40-97)87(118)110-75(21-7-14-42-99)90(121)112-77(92(124)125)24-10-16-44-101-84-63-33-26-55(95)47-79(63)106-70-38-31-60(127-3)52-68(70)84/h25-38,46-52,71-77,114H,4-24,39-45,96-99H2,1-3H3,(H,100,105)(H,101,106)(H,103,113)(H,107,116)(H,108,117)(H,109,120)(H,110,118)(H,111,119)(H,112,121)(H,122,123)(H,124,125)(H2,102,104,129)/t71-,72-,73-,74-,75-,76-,77-/m0/s1. The van der Waals surface area contributed by atoms with Crippen molar-refractivity contribution in [3.05, 3.63) is 153 Å². The molecule has 0 radical (unpaired) electrons. The zero-order chi connectivity index (χ0) is 92.6. The highest BCUT2D eigenvalue weighted by Crippen LogP contribution is 2.43. The lowest BCUT2D eigenvalue weighted by molar-refractivity contribution is -0.142. The van der Waals surface area contributed by atoms with Crippen LogP contribution < -0.4 is 96.3 Å². The number of aliphatic carboxylic acids is 1. The maximum atomic E-state index is 15.3. The van der Waals surface area contributed by atoms with Crippen molar-refractivity contribution in [3.8, 4) is 39.7 Å². The van der Waals surface area contributed by atoms with Gasteiger partial charge in [0.1, 0.15) is 70.9 Å². The Morgan fingerprint density at radius 3 is 1.26 bits per heavy atom. The summed E-state index contributed by atoms with van der Waals surface area (Å²) in [6.45, 7) is 3.21. The molecule has 129 heavy (non-hydrogen) atoms. The van der Waals surface area contributed by atoms with Gasteiger partial charge in [0.05, 0.1) is 53.2 Å². The predicted octanol–water partition coefficient (Wildman–Crippen LogP) is 10.7. The molecule has 8 aromatic rings. The van der Waals surface area contributed by atoms with Gasteiger partial charge in [-0.2, -0.15) is 0 Å². The number of methoxy groups -OCH3 is 2. The van der Waals surface area contributed by atoms with Crippen LogP contribution in [0.2, 0.25) is 10.0 Å². The van der Waals surface area contributed by atoms with Gasteiger partial charge in [0.2, 0.25) is 41.4 Å². The third-order valence-corrected chi connectivity index (χ3v) is 23.0. The predicted molar refractivity (Wildman–Crippen MR) is 506 cm³/mol. The Morgan fingerprint density at radius 1 is 0.434 bits per heavy atom. The number of carboxylic acids is 2. The summed E-state index contributed by atoms with van der Waals surface area (Å²) in [7, 11) is 3.15. The highest BCUT2D eigenvalue weighted by atomic mass is 35.5. The van der Waals surface area contributed by atoms with Crippen LogP contribution in [0, 0.1) is 0 Å². The van der Waals surface area contributed by atoms with Crippen LogP contribution in [0.15, 0.2) is 137 Å². The van der Waals surface area contributed by atoms with Gasteiger partial charge in [-0.25, -0.2) is 19.6 Å². The minimum absolute atomic E-state index is 0.00351. The number of carbonyl (C=O) groups excluding carboxylic acids is 7. The fourth-order valence-electron chi connectivity index (χ4n) is 15.5. The van der Waals surface area contributed by atoms with Gasteiger partial charge in [-0.3, -0.25) is 38.4 Å². The molecule has 0 spiro atoms. The molecule has 0 saturated heterocycles. The lowest BCUT2D eigenvalue weighted by atomic mass is 9.90. The summed E-state index contributed by atoms with van der Waals surface area (Å²) >= 11 is 18.5. The number of hydrogen-bond acceptors (Lipinski definition) is 23. The molecular weight excluding hydrogens is 1710 g/mol. The quantitative estimate of drug-likeness (QED) is 0.00956. The van der Waals surface area contributed by atoms with Crippen LogP contribution in [-0.4, -0.2) is 186 Å². The van der Waals surface area contributed by atoms with Gasteiger partial charge in [0.15, 0.2) is 10.5 Å². The van der Waals surface area contributed by atoms with E-state index in [-0.39, 0.29) is 135 Å². The number of benzene rings is 7. The molecule has 0 saturated carbocycles. The van der Waals surface area contributed by atoms with E-state index < -0.39 is 95.6 Å². The van der Waals surface area contributed by atoms with Crippen molar-refractivity contribution in [1.29, 1.82) is 0 Å². The molecule has 33 nitrogen and oxygen atoms in total. The molecular formula is C93H115Cl2N17O16S. The second-order valence-electron chi connectivity index (χ2n) is 31.8. The second kappa shape index (κ2) is 49.3. The van der Waals surface area contributed by atoms with Gasteiger partial charge in [-0.1, -0.05) is 29.3 Å². The molecule has 0 unspecified atom stereocenters. The normalized spacial score (nSPS) is 13.0. The molecule has 2 aliphatic rings. The number of halogens is 2. The van der Waals surface area contributed by atoms with E-state index in [9.17, 15) is 53.7 Å². The number of phenolic OH excluding ortho intramolecular Hbond substituents is 1. The topological polar surface area (TPSA) is 525 Å². The number of ether oxygens (including phenoxy) is 2. The first kappa shape index (κ1) is 98.9. The van der Waals surface area contributed by atoms with Gasteiger partial charge in [-0.15, -0.1) is 0 Å². The zero-order valence-corrected chi connectivity index (χ0v) is 74.8. The lowest BCUT2D eigenvalue weighted by Gasteiger charge is -2.28. The molecule has 688 valence electrons. The zero-order valence-electron chi connectivity index (χ0n) is 72.5. The van der Waals surface area contributed by atoms with E-state index in [1.807, 2.05) is 42.5 Å². The van der Waals surface area contributed by atoms with Crippen molar-refractivity contribution >= 4 is 165 Å². The number of nitrogens with two attached hydrogens (primary N) is 4. The highest BCUT2D eigenvalue weighted by Gasteiger charge is 2.35. The fraction of sp³-hybridized carbons (Fsp3) is 0.409. The summed E-state index contributed by atoms with van der Waals surface area (Å²) in [5.41, 5.74) is 29.4. The number of rotatable bonds is 52. The number of amides is 7. The van der Waals surface area contributed by atoms with Crippen LogP contribution in [0.5, 0.6) is 17.2 Å². The minimum atomic E-state index is -1.43. The summed E-state index contributed by atoms with van der Waals surface area (Å²) in [5.74, 6) is -6.42. The third kappa shape index (κ3) is 28.1. The van der Waals surface area contributed by atoms with E-state index in [4.69, 9.17) is 82.2 Å². The second-order valence-corrected chi connectivity index (χ2v) is 33.0. The first-order valence-electron chi connectivity index (χ1n) is 43.6. The molecule has 1 aliphatic heterocycles. The molecule has 10 rings (SSSR count). The Morgan fingerprint density at radius 2 is 0.837 bits per heavy atom. The number of nitrogens with zero attached hydrogens (tertiary/aromatic N) is 2. The Labute approximate surface area is 761 Å². The summed E-state index contributed by atoms with van der Waals surface area (Å²) in [6, 6.07) is 25.8. The number of aromatic carboxylic acids is 1. The van der Waals surface area contributed by atoms with Crippen LogP contribution in [0.25, 0.3) is 77.0 Å². The average molecular weight is 1830 g/mol. The highest BCUT2D eigenvalue weighted by molar-refractivity contribution is 7.80. The smallest absolute Gasteiger partial charge is 0.336 e. The first-order chi connectivity index (χ1) is 62.2. The van der Waals surface area contributed by atoms with Crippen LogP contribution in [0.1, 0.15) is 152 Å². The summed E-state index contributed by atoms with van der Waals surface area (Å²) < 4.78 is 17.1. The maximum absolute atomic E-state index is 15.3. The summed E-state index contributed by atoms with van der Waals surface area (Å²) in [4.78, 5) is 150. The Hall–Kier alpha value is -12.3. The fourth-order valence-corrected chi connectivity index (χ4v) is 16.1. The minimum Gasteiger partial charge on any atom is -0.508 e. The third-order valence-electron chi connectivity index (χ3n) is 22.2. The molecule has 22 N–H and O–H groups in total. The van der Waals surface area contributed by atoms with Gasteiger partial charge in [0, 0.05) is 92.5 Å². The number of anilines is 3. The largest absolute Gasteiger partial charge is 0.508 e. The van der Waals surface area contributed by atoms with Crippen molar-refractivity contribution in [3.63, 3.8) is 0 Å². The number of fused-ring (bicyclic) bond motifs is 6. The number of thiocarbonyl (C=S) groups is 1. The number of aromatic nitrogens is 2. The molecule has 0 bridgehead atoms. The molecule has 7 atom stereocenters. The number of unbranched alkanes of at least 4 members (excludes halogenated alkanes) is 7. The van der Waals surface area contributed by atoms with Crippen LogP contribution >= 0.6 is 35.4 Å². The Balaban J connectivity index is 0.849. The van der Waals surface area contributed by atoms with Crippen molar-refractivity contribution < 1.29 is 72.4 Å². The monoisotopic (exact) mass is 1830 g/mol. The summed E-state index contributed by atoms with van der Waals surface area (Å²) in [5, 5.41) is 69.3. The first-order valence-corrected chi connectivity index (χ1v) is 44.7. The maximum Gasteiger partial charge on any atom is 0.336 e. The number of carboxylic acid groups (broad SMARTS) is 2. The van der Waals surface area contributed by atoms with Gasteiger partial charge < -0.3 is 111 Å². The van der Waals surface area contributed by atoms with E-state index in [1.54, 1.807) is 68.8 Å². The van der Waals surface area contributed by atoms with Crippen molar-refractivity contribution in [2.75, 3.05) is 76.0 Å². The van der Waals surface area contributed by atoms with E-state index in [2.05, 4.69) is 58.5 Å². The molecule has 36 heteroatoms. The molecule has 7 amide bonds. The molecule has 1 aliphatic carbocycles. The van der Waals surface area contributed by atoms with Gasteiger partial charge >= 0.3 is 11.9 Å². The van der Waals surface area contributed by atoms with Crippen LogP contribution in [0.4, 0.5) is 17.1 Å². The van der Waals surface area contributed by atoms with Crippen molar-refractivity contribution in [1.82, 2.24) is 52.5 Å². The van der Waals surface area contributed by atoms with Crippen LogP contribution in [0.3, 0.4) is 0 Å². The van der Waals surface area contributed by atoms with Crippen molar-refractivity contribution in [2.24, 2.45) is 22.9 Å². The number of nitrogens with one attached hydrogen (secondary N) is 11. The SMILES string of the molecule is COc1ccc2nc3cc(Cl)ccc3c(NCCCC[C@H](NC(=O)[C@H](CCCCN)NC(=O)[C@H](CCCCN)NC(=O)[C@H](CCCCNC(=S)Nc3ccc(-c4c5ccc(=O)cc-5oc5cc(O)ccc45)c(C(=O)O)c3)NC(=O)[C@H](CCCCN)NC(=O)[C@H](CCCCN)NC(=O)[C@H](CCCCNc3c4ccc(Cl)cc4nc4ccc(OC)cc34)NC(C)=O)C(=O)O)c2c1. The van der Waals surface area contributed by atoms with E-state index >= 15 is 9.59 Å². The van der Waals surface area contributed by atoms with Crippen molar-refractivity contribution in [2.45, 2.75) is 184 Å². The summed E-state index contributed by atoms with van der Waals surface area (Å²) in [6.07, 6.45) is 5.47. The number of aromatic hydroxyl groups is 1. The van der Waals surface area contributed by atoms with Crippen LogP contribution in [-0.2, 0) is 38.4 Å². The average Bonchev–Trinajstić information content (AvgIpc) is 0.729. The number of carbonyl (C=O) groups is 9. The number of hydrogen-bond donors (Lipinski definition) is 18. The van der Waals surface area contributed by atoms with Gasteiger partial charge in [0.25, 0.3) is 0 Å². The van der Waals surface area contributed by atoms with E-state index in [0.717, 1.165) is 32.9 Å².